The highest BCUT2D eigenvalue weighted by Crippen LogP contribution is 2.33. The Balaban J connectivity index is 1.37. The fraction of sp³-hybridized carbons (Fsp3) is 0.429. The van der Waals surface area contributed by atoms with E-state index >= 15 is 0 Å². The molecule has 1 atom stereocenters. The normalized spacial score (nSPS) is 20.0. The molecule has 0 radical (unpaired) electrons. The van der Waals surface area contributed by atoms with Gasteiger partial charge in [0.1, 0.15) is 6.61 Å². The maximum atomic E-state index is 13.1. The molecule has 2 saturated heterocycles. The van der Waals surface area contributed by atoms with Gasteiger partial charge in [0.05, 0.1) is 14.9 Å². The summed E-state index contributed by atoms with van der Waals surface area (Å²) in [6.07, 6.45) is 2.46. The van der Waals surface area contributed by atoms with E-state index in [-0.39, 0.29) is 18.4 Å². The zero-order valence-corrected chi connectivity index (χ0v) is 20.9. The first kappa shape index (κ1) is 23.0. The Labute approximate surface area is 205 Å². The van der Waals surface area contributed by atoms with Crippen LogP contribution in [0.1, 0.15) is 45.4 Å². The van der Waals surface area contributed by atoms with E-state index in [0.29, 0.717) is 53.4 Å². The molecule has 0 bridgehead atoms. The predicted octanol–water partition coefficient (Wildman–Crippen LogP) is 4.06. The van der Waals surface area contributed by atoms with Crippen LogP contribution in [0.5, 0.6) is 5.88 Å². The molecule has 3 aromatic rings. The standard InChI is InChI=1S/C21H23ClN4O4S3/c22-19-6-5-16(32-19)14-30-20-12-17(23-26(20)21(27)18-4-3-11-31-18)15-7-10-25(13-15)33(28,29)24-8-1-2-9-24/h3-6,11-12,15H,1-2,7-10,13-14H2. The lowest BCUT2D eigenvalue weighted by Gasteiger charge is -2.23. The van der Waals surface area contributed by atoms with E-state index < -0.39 is 10.2 Å². The molecule has 8 nitrogen and oxygen atoms in total. The summed E-state index contributed by atoms with van der Waals surface area (Å²) in [7, 11) is -3.45. The lowest BCUT2D eigenvalue weighted by atomic mass is 10.1. The SMILES string of the molecule is O=C(c1cccs1)n1nc(C2CCN(S(=O)(=O)N3CCCC3)C2)cc1OCc1ccc(Cl)s1. The summed E-state index contributed by atoms with van der Waals surface area (Å²) in [5.41, 5.74) is 0.665. The molecule has 5 rings (SSSR count). The van der Waals surface area contributed by atoms with E-state index in [1.54, 1.807) is 22.5 Å². The van der Waals surface area contributed by atoms with Crippen molar-refractivity contribution in [3.05, 3.63) is 55.5 Å². The highest BCUT2D eigenvalue weighted by Gasteiger charge is 2.38. The van der Waals surface area contributed by atoms with Crippen LogP contribution in [0.2, 0.25) is 4.34 Å². The van der Waals surface area contributed by atoms with Crippen molar-refractivity contribution in [2.75, 3.05) is 26.2 Å². The van der Waals surface area contributed by atoms with Crippen LogP contribution in [0.25, 0.3) is 0 Å². The molecule has 0 aliphatic carbocycles. The largest absolute Gasteiger partial charge is 0.472 e. The summed E-state index contributed by atoms with van der Waals surface area (Å²) in [5.74, 6) is -0.0259. The Morgan fingerprint density at radius 2 is 2.00 bits per heavy atom. The van der Waals surface area contributed by atoms with Crippen molar-refractivity contribution in [2.45, 2.75) is 31.8 Å². The van der Waals surface area contributed by atoms with Crippen LogP contribution >= 0.6 is 34.3 Å². The van der Waals surface area contributed by atoms with Crippen molar-refractivity contribution in [1.82, 2.24) is 18.4 Å². The molecule has 5 heterocycles. The molecule has 0 saturated carbocycles. The van der Waals surface area contributed by atoms with Crippen molar-refractivity contribution in [3.8, 4) is 5.88 Å². The molecule has 12 heteroatoms. The molecule has 0 spiro atoms. The summed E-state index contributed by atoms with van der Waals surface area (Å²) in [6, 6.07) is 9.01. The topological polar surface area (TPSA) is 84.7 Å². The number of hydrogen-bond acceptors (Lipinski definition) is 7. The van der Waals surface area contributed by atoms with Crippen molar-refractivity contribution >= 4 is 50.4 Å². The van der Waals surface area contributed by atoms with E-state index in [9.17, 15) is 13.2 Å². The Hall–Kier alpha value is -1.76. The van der Waals surface area contributed by atoms with Gasteiger partial charge in [0.15, 0.2) is 0 Å². The molecule has 0 amide bonds. The number of nitrogens with zero attached hydrogens (tertiary/aromatic N) is 4. The predicted molar refractivity (Wildman–Crippen MR) is 129 cm³/mol. The van der Waals surface area contributed by atoms with E-state index in [1.165, 1.54) is 31.7 Å². The van der Waals surface area contributed by atoms with Crippen molar-refractivity contribution < 1.29 is 17.9 Å². The number of carbonyl (C=O) groups is 1. The fourth-order valence-electron chi connectivity index (χ4n) is 4.17. The molecule has 3 aromatic heterocycles. The summed E-state index contributed by atoms with van der Waals surface area (Å²) in [4.78, 5) is 14.6. The average molecular weight is 527 g/mol. The highest BCUT2D eigenvalue weighted by atomic mass is 35.5. The minimum atomic E-state index is -3.45. The number of halogens is 1. The van der Waals surface area contributed by atoms with Crippen molar-refractivity contribution in [3.63, 3.8) is 0 Å². The molecule has 0 N–H and O–H groups in total. The fourth-order valence-corrected chi connectivity index (χ4v) is 7.57. The number of hydrogen-bond donors (Lipinski definition) is 0. The first-order chi connectivity index (χ1) is 15.9. The molecular weight excluding hydrogens is 504 g/mol. The van der Waals surface area contributed by atoms with Gasteiger partial charge >= 0.3 is 0 Å². The van der Waals surface area contributed by atoms with Crippen molar-refractivity contribution in [2.24, 2.45) is 0 Å². The van der Waals surface area contributed by atoms with Crippen LogP contribution in [-0.4, -0.2) is 58.9 Å². The maximum absolute atomic E-state index is 13.1. The van der Waals surface area contributed by atoms with Gasteiger partial charge < -0.3 is 4.74 Å². The van der Waals surface area contributed by atoms with Crippen LogP contribution < -0.4 is 4.74 Å². The molecule has 2 aliphatic heterocycles. The van der Waals surface area contributed by atoms with E-state index in [1.807, 2.05) is 17.5 Å². The first-order valence-corrected chi connectivity index (χ1v) is 14.2. The lowest BCUT2D eigenvalue weighted by molar-refractivity contribution is 0.0932. The molecule has 0 aromatic carbocycles. The first-order valence-electron chi connectivity index (χ1n) is 10.7. The quantitative estimate of drug-likeness (QED) is 0.463. The third-order valence-corrected chi connectivity index (χ3v) is 9.96. The van der Waals surface area contributed by atoms with E-state index in [0.717, 1.165) is 17.7 Å². The van der Waals surface area contributed by atoms with Crippen LogP contribution in [0.4, 0.5) is 0 Å². The number of carbonyl (C=O) groups excluding carboxylic acids is 1. The summed E-state index contributed by atoms with van der Waals surface area (Å²) in [5, 5.41) is 6.41. The van der Waals surface area contributed by atoms with Gasteiger partial charge in [-0.25, -0.2) is 0 Å². The number of ether oxygens (including phenoxy) is 1. The molecule has 1 unspecified atom stereocenters. The second-order valence-electron chi connectivity index (χ2n) is 8.05. The summed E-state index contributed by atoms with van der Waals surface area (Å²) < 4.78 is 36.9. The number of thiophene rings is 2. The van der Waals surface area contributed by atoms with Gasteiger partial charge in [-0.15, -0.1) is 22.7 Å². The van der Waals surface area contributed by atoms with Gasteiger partial charge in [-0.3, -0.25) is 4.79 Å². The van der Waals surface area contributed by atoms with Crippen molar-refractivity contribution in [1.29, 1.82) is 0 Å². The minimum Gasteiger partial charge on any atom is -0.472 e. The van der Waals surface area contributed by atoms with Crippen LogP contribution in [-0.2, 0) is 16.8 Å². The molecular formula is C21H23ClN4O4S3. The van der Waals surface area contributed by atoms with Gasteiger partial charge in [0, 0.05) is 43.0 Å². The third kappa shape index (κ3) is 4.75. The zero-order chi connectivity index (χ0) is 23.0. The van der Waals surface area contributed by atoms with E-state index in [4.69, 9.17) is 16.3 Å². The third-order valence-electron chi connectivity index (χ3n) is 5.90. The highest BCUT2D eigenvalue weighted by molar-refractivity contribution is 7.86. The van der Waals surface area contributed by atoms with Gasteiger partial charge in [0.25, 0.3) is 16.1 Å². The molecule has 2 fully saturated rings. The minimum absolute atomic E-state index is 0.0988. The van der Waals surface area contributed by atoms with Gasteiger partial charge in [-0.05, 0) is 42.8 Å². The maximum Gasteiger partial charge on any atom is 0.291 e. The number of aromatic nitrogens is 2. The van der Waals surface area contributed by atoms with Crippen LogP contribution in [0.15, 0.2) is 35.7 Å². The Morgan fingerprint density at radius 3 is 2.70 bits per heavy atom. The second-order valence-corrected chi connectivity index (χ2v) is 12.7. The van der Waals surface area contributed by atoms with Gasteiger partial charge in [-0.1, -0.05) is 17.7 Å². The van der Waals surface area contributed by atoms with Crippen LogP contribution in [0.3, 0.4) is 0 Å². The van der Waals surface area contributed by atoms with Crippen LogP contribution in [0, 0.1) is 0 Å². The summed E-state index contributed by atoms with van der Waals surface area (Å²) >= 11 is 8.77. The van der Waals surface area contributed by atoms with Gasteiger partial charge in [-0.2, -0.15) is 26.8 Å². The molecule has 176 valence electrons. The second kappa shape index (κ2) is 9.47. The Kier molecular flexibility index (Phi) is 6.60. The summed E-state index contributed by atoms with van der Waals surface area (Å²) in [6.45, 7) is 2.22. The molecule has 2 aliphatic rings. The Bertz CT molecular complexity index is 1230. The average Bonchev–Trinajstić information content (AvgIpc) is 3.61. The molecule has 33 heavy (non-hydrogen) atoms. The Morgan fingerprint density at radius 1 is 1.18 bits per heavy atom. The monoisotopic (exact) mass is 526 g/mol. The number of rotatable bonds is 7. The zero-order valence-electron chi connectivity index (χ0n) is 17.7. The smallest absolute Gasteiger partial charge is 0.291 e. The van der Waals surface area contributed by atoms with E-state index in [2.05, 4.69) is 5.10 Å². The van der Waals surface area contributed by atoms with Gasteiger partial charge in [0.2, 0.25) is 5.88 Å². The lowest BCUT2D eigenvalue weighted by Crippen LogP contribution is -2.41.